The van der Waals surface area contributed by atoms with Crippen molar-refractivity contribution in [3.8, 4) is 10.6 Å². The van der Waals surface area contributed by atoms with E-state index in [1.807, 2.05) is 6.92 Å². The fourth-order valence-corrected chi connectivity index (χ4v) is 3.22. The molecular formula is C16H20F2N2S. The van der Waals surface area contributed by atoms with Crippen molar-refractivity contribution in [2.75, 3.05) is 6.54 Å². The molecule has 0 radical (unpaired) electrons. The predicted molar refractivity (Wildman–Crippen MR) is 83.4 cm³/mol. The van der Waals surface area contributed by atoms with E-state index in [9.17, 15) is 8.78 Å². The van der Waals surface area contributed by atoms with Crippen LogP contribution in [0.25, 0.3) is 10.6 Å². The normalized spacial score (nSPS) is 11.3. The van der Waals surface area contributed by atoms with Crippen LogP contribution >= 0.6 is 11.3 Å². The third-order valence-corrected chi connectivity index (χ3v) is 4.21. The van der Waals surface area contributed by atoms with Crippen LogP contribution in [0.1, 0.15) is 31.3 Å². The van der Waals surface area contributed by atoms with E-state index >= 15 is 0 Å². The Labute approximate surface area is 128 Å². The zero-order valence-corrected chi connectivity index (χ0v) is 13.4. The second kappa shape index (κ2) is 7.09. The van der Waals surface area contributed by atoms with Crippen molar-refractivity contribution in [3.05, 3.63) is 40.4 Å². The van der Waals surface area contributed by atoms with Gasteiger partial charge in [0, 0.05) is 11.4 Å². The molecule has 2 rings (SSSR count). The summed E-state index contributed by atoms with van der Waals surface area (Å²) in [6.45, 7) is 7.79. The van der Waals surface area contributed by atoms with Crippen molar-refractivity contribution in [2.24, 2.45) is 5.92 Å². The molecule has 1 heterocycles. The van der Waals surface area contributed by atoms with Gasteiger partial charge in [-0.3, -0.25) is 0 Å². The monoisotopic (exact) mass is 310 g/mol. The lowest BCUT2D eigenvalue weighted by atomic mass is 10.1. The molecule has 0 atom stereocenters. The van der Waals surface area contributed by atoms with Gasteiger partial charge in [-0.05, 0) is 31.0 Å². The second-order valence-corrected chi connectivity index (χ2v) is 6.45. The number of nitrogens with zero attached hydrogens (tertiary/aromatic N) is 1. The maximum atomic E-state index is 13.9. The van der Waals surface area contributed by atoms with Crippen LogP contribution in [0.4, 0.5) is 8.78 Å². The molecular weight excluding hydrogens is 290 g/mol. The highest BCUT2D eigenvalue weighted by molar-refractivity contribution is 7.15. The van der Waals surface area contributed by atoms with Crippen LogP contribution in [-0.2, 0) is 13.0 Å². The Hall–Kier alpha value is -1.33. The zero-order valence-electron chi connectivity index (χ0n) is 12.5. The minimum absolute atomic E-state index is 0.0183. The molecule has 0 fully saturated rings. The van der Waals surface area contributed by atoms with Gasteiger partial charge in [0.15, 0.2) is 0 Å². The van der Waals surface area contributed by atoms with Crippen LogP contribution in [0.3, 0.4) is 0 Å². The van der Waals surface area contributed by atoms with Crippen molar-refractivity contribution >= 4 is 11.3 Å². The third-order valence-electron chi connectivity index (χ3n) is 3.09. The summed E-state index contributed by atoms with van der Waals surface area (Å²) in [5.41, 5.74) is 0.920. The molecule has 0 aliphatic carbocycles. The SMILES string of the molecule is CCNCc1sc(-c2c(F)cccc2F)nc1CC(C)C. The lowest BCUT2D eigenvalue weighted by molar-refractivity contribution is 0.589. The van der Waals surface area contributed by atoms with E-state index in [2.05, 4.69) is 24.1 Å². The summed E-state index contributed by atoms with van der Waals surface area (Å²) in [5, 5.41) is 3.68. The van der Waals surface area contributed by atoms with E-state index < -0.39 is 11.6 Å². The highest BCUT2D eigenvalue weighted by atomic mass is 32.1. The first-order chi connectivity index (χ1) is 10.0. The first kappa shape index (κ1) is 16.0. The standard InChI is InChI=1S/C16H20F2N2S/c1-4-19-9-14-13(8-10(2)3)20-16(21-14)15-11(17)6-5-7-12(15)18/h5-7,10,19H,4,8-9H2,1-3H3. The molecule has 1 aromatic carbocycles. The fourth-order valence-electron chi connectivity index (χ4n) is 2.12. The molecule has 5 heteroatoms. The van der Waals surface area contributed by atoms with E-state index in [4.69, 9.17) is 0 Å². The minimum Gasteiger partial charge on any atom is -0.312 e. The Balaban J connectivity index is 2.42. The lowest BCUT2D eigenvalue weighted by Crippen LogP contribution is -2.12. The van der Waals surface area contributed by atoms with Gasteiger partial charge in [0.25, 0.3) is 0 Å². The maximum absolute atomic E-state index is 13.9. The van der Waals surface area contributed by atoms with E-state index in [-0.39, 0.29) is 5.56 Å². The first-order valence-electron chi connectivity index (χ1n) is 7.16. The number of hydrogen-bond acceptors (Lipinski definition) is 3. The Morgan fingerprint density at radius 2 is 1.90 bits per heavy atom. The number of rotatable bonds is 6. The second-order valence-electron chi connectivity index (χ2n) is 5.36. The highest BCUT2D eigenvalue weighted by Crippen LogP contribution is 2.32. The first-order valence-corrected chi connectivity index (χ1v) is 7.98. The zero-order chi connectivity index (χ0) is 15.4. The molecule has 2 aromatic rings. The smallest absolute Gasteiger partial charge is 0.136 e. The van der Waals surface area contributed by atoms with Gasteiger partial charge < -0.3 is 5.32 Å². The molecule has 0 saturated carbocycles. The molecule has 0 unspecified atom stereocenters. The molecule has 0 aliphatic rings. The Bertz CT molecular complexity index is 588. The van der Waals surface area contributed by atoms with Crippen LogP contribution in [0.5, 0.6) is 0 Å². The molecule has 21 heavy (non-hydrogen) atoms. The van der Waals surface area contributed by atoms with Gasteiger partial charge in [0.1, 0.15) is 16.6 Å². The van der Waals surface area contributed by atoms with Crippen LogP contribution < -0.4 is 5.32 Å². The number of benzene rings is 1. The van der Waals surface area contributed by atoms with E-state index in [1.54, 1.807) is 0 Å². The van der Waals surface area contributed by atoms with E-state index in [0.29, 0.717) is 17.5 Å². The number of hydrogen-bond donors (Lipinski definition) is 1. The molecule has 0 bridgehead atoms. The van der Waals surface area contributed by atoms with Crippen molar-refractivity contribution in [3.63, 3.8) is 0 Å². The van der Waals surface area contributed by atoms with Crippen molar-refractivity contribution in [2.45, 2.75) is 33.7 Å². The van der Waals surface area contributed by atoms with Gasteiger partial charge in [-0.1, -0.05) is 26.8 Å². The highest BCUT2D eigenvalue weighted by Gasteiger charge is 2.18. The summed E-state index contributed by atoms with van der Waals surface area (Å²) in [7, 11) is 0. The van der Waals surface area contributed by atoms with E-state index in [0.717, 1.165) is 23.5 Å². The molecule has 0 spiro atoms. The molecule has 1 N–H and O–H groups in total. The van der Waals surface area contributed by atoms with Crippen LogP contribution in [0.2, 0.25) is 0 Å². The fraction of sp³-hybridized carbons (Fsp3) is 0.438. The number of nitrogens with one attached hydrogen (secondary N) is 1. The van der Waals surface area contributed by atoms with Crippen LogP contribution in [0.15, 0.2) is 18.2 Å². The molecule has 0 aliphatic heterocycles. The summed E-state index contributed by atoms with van der Waals surface area (Å²) in [6.07, 6.45) is 0.813. The van der Waals surface area contributed by atoms with Crippen molar-refractivity contribution in [1.82, 2.24) is 10.3 Å². The quantitative estimate of drug-likeness (QED) is 0.855. The lowest BCUT2D eigenvalue weighted by Gasteiger charge is -2.04. The van der Waals surface area contributed by atoms with Gasteiger partial charge in [-0.2, -0.15) is 0 Å². The average Bonchev–Trinajstić information content (AvgIpc) is 2.78. The molecule has 1 aromatic heterocycles. The molecule has 0 saturated heterocycles. The van der Waals surface area contributed by atoms with E-state index in [1.165, 1.54) is 29.5 Å². The summed E-state index contributed by atoms with van der Waals surface area (Å²) in [6, 6.07) is 3.91. The third kappa shape index (κ3) is 3.86. The molecule has 2 nitrogen and oxygen atoms in total. The summed E-state index contributed by atoms with van der Waals surface area (Å²) < 4.78 is 27.8. The molecule has 114 valence electrons. The number of thiazole rings is 1. The van der Waals surface area contributed by atoms with Gasteiger partial charge in [0.2, 0.25) is 0 Å². The van der Waals surface area contributed by atoms with Crippen molar-refractivity contribution in [1.29, 1.82) is 0 Å². The van der Waals surface area contributed by atoms with Crippen LogP contribution in [-0.4, -0.2) is 11.5 Å². The predicted octanol–water partition coefficient (Wildman–Crippen LogP) is 4.40. The Kier molecular flexibility index (Phi) is 5.42. The largest absolute Gasteiger partial charge is 0.312 e. The maximum Gasteiger partial charge on any atom is 0.136 e. The van der Waals surface area contributed by atoms with Gasteiger partial charge in [0.05, 0.1) is 11.3 Å². The summed E-state index contributed by atoms with van der Waals surface area (Å²) >= 11 is 1.37. The Morgan fingerprint density at radius 1 is 1.24 bits per heavy atom. The van der Waals surface area contributed by atoms with Gasteiger partial charge >= 0.3 is 0 Å². The summed E-state index contributed by atoms with van der Waals surface area (Å²) in [4.78, 5) is 5.55. The molecule has 0 amide bonds. The van der Waals surface area contributed by atoms with Crippen LogP contribution in [0, 0.1) is 17.6 Å². The topological polar surface area (TPSA) is 24.9 Å². The minimum atomic E-state index is -0.560. The summed E-state index contributed by atoms with van der Waals surface area (Å²) in [5.74, 6) is -0.671. The van der Waals surface area contributed by atoms with Gasteiger partial charge in [-0.25, -0.2) is 13.8 Å². The average molecular weight is 310 g/mol. The number of aromatic nitrogens is 1. The van der Waals surface area contributed by atoms with Gasteiger partial charge in [-0.15, -0.1) is 11.3 Å². The number of halogens is 2. The van der Waals surface area contributed by atoms with Crippen molar-refractivity contribution < 1.29 is 8.78 Å². The Morgan fingerprint density at radius 3 is 2.48 bits per heavy atom.